The van der Waals surface area contributed by atoms with Crippen LogP contribution in [0.5, 0.6) is 0 Å². The number of hydrogen-bond acceptors (Lipinski definition) is 4. The molecule has 3 aromatic rings. The molecule has 7 nitrogen and oxygen atoms in total. The summed E-state index contributed by atoms with van der Waals surface area (Å²) in [6.45, 7) is 3.75. The third-order valence-electron chi connectivity index (χ3n) is 4.30. The highest BCUT2D eigenvalue weighted by Gasteiger charge is 2.26. The molecule has 2 N–H and O–H groups in total. The van der Waals surface area contributed by atoms with Gasteiger partial charge in [-0.1, -0.05) is 17.7 Å². The van der Waals surface area contributed by atoms with Crippen molar-refractivity contribution >= 4 is 11.7 Å². The summed E-state index contributed by atoms with van der Waals surface area (Å²) in [6, 6.07) is 10.6. The second kappa shape index (κ2) is 6.25. The number of benzene rings is 1. The molecule has 1 aliphatic rings. The van der Waals surface area contributed by atoms with Gasteiger partial charge in [0.25, 0.3) is 11.5 Å². The van der Waals surface area contributed by atoms with Gasteiger partial charge in [0, 0.05) is 23.6 Å². The second-order valence-electron chi connectivity index (χ2n) is 6.67. The lowest BCUT2D eigenvalue weighted by Gasteiger charge is -2.09. The maximum Gasteiger partial charge on any atom is 0.256 e. The minimum atomic E-state index is -0.240. The molecule has 1 saturated carbocycles. The number of carbonyl (C=O) groups is 1. The fourth-order valence-electron chi connectivity index (χ4n) is 2.88. The third-order valence-corrected chi connectivity index (χ3v) is 4.30. The number of anilines is 1. The summed E-state index contributed by atoms with van der Waals surface area (Å²) in [5.41, 5.74) is 2.83. The van der Waals surface area contributed by atoms with E-state index in [-0.39, 0.29) is 11.5 Å². The van der Waals surface area contributed by atoms with E-state index < -0.39 is 0 Å². The smallest absolute Gasteiger partial charge is 0.256 e. The molecule has 26 heavy (non-hydrogen) atoms. The van der Waals surface area contributed by atoms with E-state index in [0.29, 0.717) is 28.9 Å². The van der Waals surface area contributed by atoms with E-state index in [1.807, 2.05) is 32.0 Å². The van der Waals surface area contributed by atoms with Crippen LogP contribution >= 0.6 is 0 Å². The standard InChI is InChI=1S/C19H19N5O2/c1-11-4-3-5-14(8-11)18(26)21-16-9-12(2)23-24(16)19-20-15(13-6-7-13)10-17(25)22-19/h3-5,8-10,13H,6-7H2,1-2H3,(H,21,26)(H,20,22,25). The van der Waals surface area contributed by atoms with Gasteiger partial charge in [-0.25, -0.2) is 4.98 Å². The SMILES string of the molecule is Cc1cccc(C(=O)Nc2cc(C)nn2-c2nc(C3CC3)cc(=O)[nH]2)c1. The summed E-state index contributed by atoms with van der Waals surface area (Å²) in [4.78, 5) is 31.8. The predicted octanol–water partition coefficient (Wildman–Crippen LogP) is 2.70. The van der Waals surface area contributed by atoms with E-state index in [0.717, 1.165) is 24.1 Å². The summed E-state index contributed by atoms with van der Waals surface area (Å²) >= 11 is 0. The molecular formula is C19H19N5O2. The van der Waals surface area contributed by atoms with Gasteiger partial charge in [-0.15, -0.1) is 0 Å². The molecule has 0 bridgehead atoms. The van der Waals surface area contributed by atoms with Gasteiger partial charge in [0.15, 0.2) is 0 Å². The number of aromatic nitrogens is 4. The molecule has 4 rings (SSSR count). The fourth-order valence-corrected chi connectivity index (χ4v) is 2.88. The van der Waals surface area contributed by atoms with Gasteiger partial charge in [-0.2, -0.15) is 9.78 Å². The van der Waals surface area contributed by atoms with E-state index in [1.165, 1.54) is 10.7 Å². The molecule has 0 aliphatic heterocycles. The fraction of sp³-hybridized carbons (Fsp3) is 0.263. The quantitative estimate of drug-likeness (QED) is 0.757. The summed E-state index contributed by atoms with van der Waals surface area (Å²) in [5, 5.41) is 7.23. The first kappa shape index (κ1) is 16.3. The molecule has 0 unspecified atom stereocenters. The maximum atomic E-state index is 12.6. The highest BCUT2D eigenvalue weighted by atomic mass is 16.1. The van der Waals surface area contributed by atoms with Crippen LogP contribution in [0, 0.1) is 13.8 Å². The molecule has 132 valence electrons. The molecule has 0 atom stereocenters. The highest BCUT2D eigenvalue weighted by molar-refractivity contribution is 6.04. The molecular weight excluding hydrogens is 330 g/mol. The van der Waals surface area contributed by atoms with Crippen molar-refractivity contribution in [3.63, 3.8) is 0 Å². The van der Waals surface area contributed by atoms with Gasteiger partial charge in [-0.3, -0.25) is 14.6 Å². The van der Waals surface area contributed by atoms with E-state index in [4.69, 9.17) is 0 Å². The number of nitrogens with one attached hydrogen (secondary N) is 2. The van der Waals surface area contributed by atoms with Crippen molar-refractivity contribution in [2.75, 3.05) is 5.32 Å². The Hall–Kier alpha value is -3.22. The first-order chi connectivity index (χ1) is 12.5. The average molecular weight is 349 g/mol. The lowest BCUT2D eigenvalue weighted by molar-refractivity contribution is 0.102. The molecule has 0 spiro atoms. The Morgan fingerprint density at radius 1 is 1.23 bits per heavy atom. The zero-order chi connectivity index (χ0) is 18.3. The molecule has 1 amide bonds. The Kier molecular flexibility index (Phi) is 3.91. The lowest BCUT2D eigenvalue weighted by Crippen LogP contribution is -2.19. The van der Waals surface area contributed by atoms with Crippen LogP contribution in [0.15, 0.2) is 41.2 Å². The van der Waals surface area contributed by atoms with E-state index in [9.17, 15) is 9.59 Å². The van der Waals surface area contributed by atoms with Crippen molar-refractivity contribution in [2.45, 2.75) is 32.6 Å². The van der Waals surface area contributed by atoms with Crippen molar-refractivity contribution in [1.29, 1.82) is 0 Å². The molecule has 2 aromatic heterocycles. The van der Waals surface area contributed by atoms with Crippen molar-refractivity contribution in [3.05, 3.63) is 69.3 Å². The molecule has 7 heteroatoms. The first-order valence-electron chi connectivity index (χ1n) is 8.56. The number of H-pyrrole nitrogens is 1. The van der Waals surface area contributed by atoms with Gasteiger partial charge in [0.05, 0.1) is 11.4 Å². The Morgan fingerprint density at radius 3 is 2.77 bits per heavy atom. The van der Waals surface area contributed by atoms with Gasteiger partial charge in [0.2, 0.25) is 5.95 Å². The minimum absolute atomic E-state index is 0.221. The van der Waals surface area contributed by atoms with Crippen molar-refractivity contribution in [1.82, 2.24) is 19.7 Å². The van der Waals surface area contributed by atoms with Crippen molar-refractivity contribution in [2.24, 2.45) is 0 Å². The third kappa shape index (κ3) is 3.28. The molecule has 2 heterocycles. The number of rotatable bonds is 4. The summed E-state index contributed by atoms with van der Waals surface area (Å²) in [6.07, 6.45) is 2.09. The number of amides is 1. The van der Waals surface area contributed by atoms with Crippen LogP contribution in [0.1, 0.15) is 46.1 Å². The molecule has 0 saturated heterocycles. The number of hydrogen-bond donors (Lipinski definition) is 2. The Balaban J connectivity index is 1.69. The maximum absolute atomic E-state index is 12.6. The minimum Gasteiger partial charge on any atom is -0.306 e. The second-order valence-corrected chi connectivity index (χ2v) is 6.67. The van der Waals surface area contributed by atoms with Gasteiger partial charge in [-0.05, 0) is 38.8 Å². The largest absolute Gasteiger partial charge is 0.306 e. The predicted molar refractivity (Wildman–Crippen MR) is 97.8 cm³/mol. The van der Waals surface area contributed by atoms with Gasteiger partial charge in [0.1, 0.15) is 5.82 Å². The van der Waals surface area contributed by atoms with Gasteiger partial charge >= 0.3 is 0 Å². The number of nitrogens with zero attached hydrogens (tertiary/aromatic N) is 3. The monoisotopic (exact) mass is 349 g/mol. The Labute approximate surface area is 150 Å². The lowest BCUT2D eigenvalue weighted by atomic mass is 10.1. The Morgan fingerprint density at radius 2 is 2.04 bits per heavy atom. The van der Waals surface area contributed by atoms with Crippen LogP contribution < -0.4 is 10.9 Å². The number of aryl methyl sites for hydroxylation is 2. The van der Waals surface area contributed by atoms with Crippen molar-refractivity contribution < 1.29 is 4.79 Å². The van der Waals surface area contributed by atoms with E-state index in [1.54, 1.807) is 12.1 Å². The summed E-state index contributed by atoms with van der Waals surface area (Å²) < 4.78 is 1.47. The van der Waals surface area contributed by atoms with Crippen LogP contribution in [-0.2, 0) is 0 Å². The van der Waals surface area contributed by atoms with E-state index >= 15 is 0 Å². The van der Waals surface area contributed by atoms with Crippen LogP contribution in [0.4, 0.5) is 5.82 Å². The zero-order valence-corrected chi connectivity index (χ0v) is 14.6. The van der Waals surface area contributed by atoms with Crippen molar-refractivity contribution in [3.8, 4) is 5.95 Å². The number of aromatic amines is 1. The van der Waals surface area contributed by atoms with Crippen LogP contribution in [0.25, 0.3) is 5.95 Å². The molecule has 1 aromatic carbocycles. The normalized spacial score (nSPS) is 13.6. The van der Waals surface area contributed by atoms with Crippen LogP contribution in [-0.4, -0.2) is 25.7 Å². The van der Waals surface area contributed by atoms with Crippen LogP contribution in [0.3, 0.4) is 0 Å². The summed E-state index contributed by atoms with van der Waals surface area (Å²) in [7, 11) is 0. The average Bonchev–Trinajstić information content (AvgIpc) is 3.38. The summed E-state index contributed by atoms with van der Waals surface area (Å²) in [5.74, 6) is 0.880. The van der Waals surface area contributed by atoms with E-state index in [2.05, 4.69) is 20.4 Å². The molecule has 1 aliphatic carbocycles. The first-order valence-corrected chi connectivity index (χ1v) is 8.56. The van der Waals surface area contributed by atoms with Gasteiger partial charge < -0.3 is 5.32 Å². The van der Waals surface area contributed by atoms with Crippen LogP contribution in [0.2, 0.25) is 0 Å². The topological polar surface area (TPSA) is 92.7 Å². The molecule has 0 radical (unpaired) electrons. The highest BCUT2D eigenvalue weighted by Crippen LogP contribution is 2.38. The Bertz CT molecular complexity index is 1050. The zero-order valence-electron chi connectivity index (χ0n) is 14.6. The molecule has 1 fully saturated rings. The number of carbonyl (C=O) groups excluding carboxylic acids is 1.